The van der Waals surface area contributed by atoms with Crippen LogP contribution in [0.1, 0.15) is 23.9 Å². The lowest BCUT2D eigenvalue weighted by molar-refractivity contribution is 1.10. The van der Waals surface area contributed by atoms with E-state index in [1.165, 1.54) is 5.56 Å². The third-order valence-electron chi connectivity index (χ3n) is 2.36. The maximum Gasteiger partial charge on any atom is 0.0623 e. The van der Waals surface area contributed by atoms with Crippen molar-refractivity contribution in [1.82, 2.24) is 9.97 Å². The van der Waals surface area contributed by atoms with Crippen LogP contribution < -0.4 is 0 Å². The lowest BCUT2D eigenvalue weighted by Gasteiger charge is -1.94. The van der Waals surface area contributed by atoms with Crippen molar-refractivity contribution in [1.29, 1.82) is 0 Å². The summed E-state index contributed by atoms with van der Waals surface area (Å²) < 4.78 is 0. The number of hydrogen-bond acceptors (Lipinski definition) is 2. The minimum absolute atomic E-state index is 0.924. The van der Waals surface area contributed by atoms with Gasteiger partial charge in [0.25, 0.3) is 0 Å². The molecule has 0 saturated heterocycles. The van der Waals surface area contributed by atoms with Crippen LogP contribution in [0, 0.1) is 0 Å². The molecule has 0 N–H and O–H groups in total. The second-order valence-corrected chi connectivity index (χ2v) is 3.61. The van der Waals surface area contributed by atoms with Crippen molar-refractivity contribution in [2.45, 2.75) is 13.3 Å². The first-order valence-electron chi connectivity index (χ1n) is 5.91. The van der Waals surface area contributed by atoms with Gasteiger partial charge in [0.15, 0.2) is 0 Å². The first kappa shape index (κ1) is 13.8. The van der Waals surface area contributed by atoms with Gasteiger partial charge in [-0.15, -0.1) is 0 Å². The molecular weight excluding hydrogens is 220 g/mol. The van der Waals surface area contributed by atoms with E-state index < -0.39 is 0 Å². The molecule has 2 heteroatoms. The molecule has 0 aliphatic rings. The van der Waals surface area contributed by atoms with Gasteiger partial charge in [-0.25, -0.2) is 0 Å². The van der Waals surface area contributed by atoms with Crippen LogP contribution in [0.5, 0.6) is 0 Å². The highest BCUT2D eigenvalue weighted by molar-refractivity contribution is 5.41. The van der Waals surface area contributed by atoms with Crippen molar-refractivity contribution in [2.75, 3.05) is 0 Å². The van der Waals surface area contributed by atoms with Crippen molar-refractivity contribution in [3.8, 4) is 0 Å². The zero-order valence-corrected chi connectivity index (χ0v) is 10.7. The molecule has 92 valence electrons. The zero-order valence-electron chi connectivity index (χ0n) is 10.7. The Labute approximate surface area is 109 Å². The Morgan fingerprint density at radius 2 is 1.72 bits per heavy atom. The summed E-state index contributed by atoms with van der Waals surface area (Å²) in [6.45, 7) is 9.31. The van der Waals surface area contributed by atoms with Gasteiger partial charge in [0, 0.05) is 12.4 Å². The van der Waals surface area contributed by atoms with E-state index in [4.69, 9.17) is 0 Å². The van der Waals surface area contributed by atoms with E-state index in [9.17, 15) is 0 Å². The SMILES string of the molecule is C=Cc1ccc(CC)cn1.C=Cc1ccccn1. The van der Waals surface area contributed by atoms with Crippen LogP contribution in [-0.4, -0.2) is 9.97 Å². The Bertz CT molecular complexity index is 472. The monoisotopic (exact) mass is 238 g/mol. The molecule has 2 nitrogen and oxygen atoms in total. The standard InChI is InChI=1S/C9H11N.C7H7N/c1-3-8-5-6-9(4-2)10-7-8;1-2-7-5-3-4-6-8-7/h4-7H,2-3H2,1H3;2-6H,1H2. The van der Waals surface area contributed by atoms with Gasteiger partial charge < -0.3 is 0 Å². The lowest BCUT2D eigenvalue weighted by atomic mass is 10.2. The molecule has 0 fully saturated rings. The number of nitrogens with zero attached hydrogens (tertiary/aromatic N) is 2. The Morgan fingerprint density at radius 1 is 1.00 bits per heavy atom. The van der Waals surface area contributed by atoms with Crippen molar-refractivity contribution < 1.29 is 0 Å². The normalized spacial score (nSPS) is 8.94. The van der Waals surface area contributed by atoms with Crippen LogP contribution in [0.3, 0.4) is 0 Å². The molecule has 0 bridgehead atoms. The van der Waals surface area contributed by atoms with Crippen molar-refractivity contribution >= 4 is 12.2 Å². The predicted octanol–water partition coefficient (Wildman–Crippen LogP) is 4.01. The van der Waals surface area contributed by atoms with Crippen LogP contribution in [0.2, 0.25) is 0 Å². The molecule has 0 unspecified atom stereocenters. The van der Waals surface area contributed by atoms with E-state index >= 15 is 0 Å². The summed E-state index contributed by atoms with van der Waals surface area (Å²) in [5.74, 6) is 0. The molecular formula is C16H18N2. The second kappa shape index (κ2) is 7.96. The molecule has 0 aliphatic carbocycles. The fraction of sp³-hybridized carbons (Fsp3) is 0.125. The van der Waals surface area contributed by atoms with Gasteiger partial charge in [-0.1, -0.05) is 32.2 Å². The van der Waals surface area contributed by atoms with Crippen molar-refractivity contribution in [3.05, 3.63) is 72.8 Å². The molecule has 0 saturated carbocycles. The molecule has 0 spiro atoms. The highest BCUT2D eigenvalue weighted by Gasteiger charge is 1.87. The van der Waals surface area contributed by atoms with E-state index in [0.29, 0.717) is 0 Å². The smallest absolute Gasteiger partial charge is 0.0623 e. The summed E-state index contributed by atoms with van der Waals surface area (Å²) in [6, 6.07) is 9.78. The van der Waals surface area contributed by atoms with Crippen LogP contribution in [0.4, 0.5) is 0 Å². The lowest BCUT2D eigenvalue weighted by Crippen LogP contribution is -1.83. The number of aryl methyl sites for hydroxylation is 1. The zero-order chi connectivity index (χ0) is 13.2. The highest BCUT2D eigenvalue weighted by Crippen LogP contribution is 2.00. The summed E-state index contributed by atoms with van der Waals surface area (Å²) in [5.41, 5.74) is 3.13. The molecule has 0 aromatic carbocycles. The second-order valence-electron chi connectivity index (χ2n) is 3.61. The Kier molecular flexibility index (Phi) is 6.12. The number of rotatable bonds is 3. The van der Waals surface area contributed by atoms with Gasteiger partial charge in [-0.3, -0.25) is 9.97 Å². The Balaban J connectivity index is 0.000000184. The van der Waals surface area contributed by atoms with Crippen molar-refractivity contribution in [3.63, 3.8) is 0 Å². The van der Waals surface area contributed by atoms with Crippen molar-refractivity contribution in [2.24, 2.45) is 0 Å². The average Bonchev–Trinajstić information content (AvgIpc) is 2.49. The minimum atomic E-state index is 0.924. The first-order chi connectivity index (χ1) is 8.80. The topological polar surface area (TPSA) is 25.8 Å². The van der Waals surface area contributed by atoms with Crippen LogP contribution >= 0.6 is 0 Å². The van der Waals surface area contributed by atoms with E-state index in [2.05, 4.69) is 36.1 Å². The van der Waals surface area contributed by atoms with Crippen LogP contribution in [0.15, 0.2) is 55.9 Å². The molecule has 0 atom stereocenters. The third-order valence-corrected chi connectivity index (χ3v) is 2.36. The van der Waals surface area contributed by atoms with E-state index in [1.54, 1.807) is 18.3 Å². The minimum Gasteiger partial charge on any atom is -0.257 e. The highest BCUT2D eigenvalue weighted by atomic mass is 14.7. The fourth-order valence-electron chi connectivity index (χ4n) is 1.26. The molecule has 2 rings (SSSR count). The third kappa shape index (κ3) is 4.74. The number of hydrogen-bond donors (Lipinski definition) is 0. The summed E-state index contributed by atoms with van der Waals surface area (Å²) in [7, 11) is 0. The predicted molar refractivity (Wildman–Crippen MR) is 78.0 cm³/mol. The summed E-state index contributed by atoms with van der Waals surface area (Å²) >= 11 is 0. The van der Waals surface area contributed by atoms with Crippen LogP contribution in [-0.2, 0) is 6.42 Å². The van der Waals surface area contributed by atoms with Gasteiger partial charge in [0.05, 0.1) is 11.4 Å². The summed E-state index contributed by atoms with van der Waals surface area (Å²) in [6.07, 6.45) is 8.15. The Hall–Kier alpha value is -2.22. The molecule has 2 aromatic rings. The van der Waals surface area contributed by atoms with Gasteiger partial charge in [0.1, 0.15) is 0 Å². The molecule has 0 amide bonds. The maximum atomic E-state index is 4.15. The fourth-order valence-corrected chi connectivity index (χ4v) is 1.26. The van der Waals surface area contributed by atoms with E-state index in [0.717, 1.165) is 17.8 Å². The molecule has 18 heavy (non-hydrogen) atoms. The molecule has 0 radical (unpaired) electrons. The molecule has 2 heterocycles. The van der Waals surface area contributed by atoms with E-state index in [-0.39, 0.29) is 0 Å². The number of aromatic nitrogens is 2. The quantitative estimate of drug-likeness (QED) is 0.807. The molecule has 2 aromatic heterocycles. The number of pyridine rings is 2. The van der Waals surface area contributed by atoms with Gasteiger partial charge in [0.2, 0.25) is 0 Å². The van der Waals surface area contributed by atoms with E-state index in [1.807, 2.05) is 30.5 Å². The largest absolute Gasteiger partial charge is 0.257 e. The first-order valence-corrected chi connectivity index (χ1v) is 5.91. The summed E-state index contributed by atoms with van der Waals surface area (Å²) in [4.78, 5) is 8.13. The van der Waals surface area contributed by atoms with Gasteiger partial charge in [-0.2, -0.15) is 0 Å². The average molecular weight is 238 g/mol. The van der Waals surface area contributed by atoms with Gasteiger partial charge in [-0.05, 0) is 42.3 Å². The molecule has 0 aliphatic heterocycles. The summed E-state index contributed by atoms with van der Waals surface area (Å²) in [5, 5.41) is 0. The van der Waals surface area contributed by atoms with Crippen LogP contribution in [0.25, 0.3) is 12.2 Å². The maximum absolute atomic E-state index is 4.15. The van der Waals surface area contributed by atoms with Gasteiger partial charge >= 0.3 is 0 Å². The Morgan fingerprint density at radius 3 is 2.11 bits per heavy atom.